The molecule has 312 valence electrons. The Labute approximate surface area is 340 Å². The maximum Gasteiger partial charge on any atom is 0.430 e. The van der Waals surface area contributed by atoms with E-state index in [1.807, 2.05) is 0 Å². The number of nitrogens with zero attached hydrogens (tertiary/aromatic N) is 2. The Kier molecular flexibility index (Phi) is 17.2. The molecule has 1 aliphatic carbocycles. The molecule has 1 atom stereocenters. The van der Waals surface area contributed by atoms with Gasteiger partial charge >= 0.3 is 6.18 Å². The minimum absolute atomic E-state index is 0.117. The van der Waals surface area contributed by atoms with Gasteiger partial charge in [-0.1, -0.05) is 54.1 Å². The van der Waals surface area contributed by atoms with Crippen molar-refractivity contribution in [3.8, 4) is 0 Å². The number of allylic oxidation sites excluding steroid dienone is 5. The van der Waals surface area contributed by atoms with Crippen LogP contribution >= 0.6 is 11.6 Å². The smallest absolute Gasteiger partial charge is 0.430 e. The van der Waals surface area contributed by atoms with Crippen LogP contribution in [0.4, 0.5) is 24.5 Å². The highest BCUT2D eigenvalue weighted by Gasteiger charge is 2.44. The SMILES string of the molecule is COCCOCCOCC[N+]1=C(/C=C/C2=C(Cl)C(C=C=C3N(CCOCCOC)c4ccccc4C3(C)C)CCC2)C(C)(C)c2ccccc21.O=C([O-])C(F)(F)F. The number of carboxylic acid groups (broad SMARTS) is 1. The summed E-state index contributed by atoms with van der Waals surface area (Å²) in [6.07, 6.45) is 4.62. The van der Waals surface area contributed by atoms with E-state index in [-0.39, 0.29) is 16.7 Å². The van der Waals surface area contributed by atoms with E-state index in [0.29, 0.717) is 52.9 Å². The molecule has 57 heavy (non-hydrogen) atoms. The number of carbonyl (C=O) groups is 1. The molecule has 0 saturated carbocycles. The minimum Gasteiger partial charge on any atom is -0.542 e. The van der Waals surface area contributed by atoms with Gasteiger partial charge in [-0.25, -0.2) is 0 Å². The lowest BCUT2D eigenvalue weighted by molar-refractivity contribution is -0.442. The molecule has 0 fully saturated rings. The molecule has 0 saturated heterocycles. The number of ether oxygens (including phenoxy) is 5. The van der Waals surface area contributed by atoms with Gasteiger partial charge < -0.3 is 38.5 Å². The zero-order valence-corrected chi connectivity index (χ0v) is 34.6. The Morgan fingerprint density at radius 1 is 0.877 bits per heavy atom. The van der Waals surface area contributed by atoms with E-state index in [1.165, 1.54) is 33.8 Å². The molecule has 9 nitrogen and oxygen atoms in total. The van der Waals surface area contributed by atoms with E-state index in [9.17, 15) is 13.2 Å². The largest absolute Gasteiger partial charge is 0.542 e. The number of fused-ring (bicyclic) bond motifs is 2. The number of carboxylic acids is 1. The highest BCUT2D eigenvalue weighted by molar-refractivity contribution is 6.30. The summed E-state index contributed by atoms with van der Waals surface area (Å²) in [7, 11) is 3.38. The van der Waals surface area contributed by atoms with Crippen molar-refractivity contribution in [2.45, 2.75) is 64.0 Å². The quantitative estimate of drug-likeness (QED) is 0.0875. The summed E-state index contributed by atoms with van der Waals surface area (Å²) >= 11 is 7.25. The molecule has 2 heterocycles. The second-order valence-electron chi connectivity index (χ2n) is 14.9. The number of rotatable bonds is 18. The van der Waals surface area contributed by atoms with Crippen molar-refractivity contribution in [1.82, 2.24) is 0 Å². The molecular formula is C44H56ClF3N2O7. The van der Waals surface area contributed by atoms with Crippen LogP contribution < -0.4 is 10.0 Å². The Morgan fingerprint density at radius 2 is 1.46 bits per heavy atom. The normalized spacial score (nSPS) is 18.4. The first kappa shape index (κ1) is 46.0. The molecule has 1 unspecified atom stereocenters. The predicted octanol–water partition coefficient (Wildman–Crippen LogP) is 7.39. The predicted molar refractivity (Wildman–Crippen MR) is 214 cm³/mol. The van der Waals surface area contributed by atoms with E-state index in [4.69, 9.17) is 45.2 Å². The third-order valence-corrected chi connectivity index (χ3v) is 10.9. The Hall–Kier alpha value is -3.74. The van der Waals surface area contributed by atoms with Crippen molar-refractivity contribution >= 4 is 34.7 Å². The van der Waals surface area contributed by atoms with Gasteiger partial charge in [-0.05, 0) is 70.2 Å². The summed E-state index contributed by atoms with van der Waals surface area (Å²) in [4.78, 5) is 11.1. The number of halogens is 4. The first-order chi connectivity index (χ1) is 27.2. The summed E-state index contributed by atoms with van der Waals surface area (Å²) in [5.41, 5.74) is 12.1. The zero-order chi connectivity index (χ0) is 41.6. The minimum atomic E-state index is -5.19. The van der Waals surface area contributed by atoms with Gasteiger partial charge in [0, 0.05) is 60.5 Å². The van der Waals surface area contributed by atoms with E-state index in [0.717, 1.165) is 43.1 Å². The van der Waals surface area contributed by atoms with Crippen LogP contribution in [0.1, 0.15) is 58.1 Å². The summed E-state index contributed by atoms with van der Waals surface area (Å²) in [5.74, 6) is -2.89. The van der Waals surface area contributed by atoms with Crippen LogP contribution in [0.5, 0.6) is 0 Å². The lowest BCUT2D eigenvalue weighted by Crippen LogP contribution is -2.37. The number of alkyl halides is 3. The lowest BCUT2D eigenvalue weighted by Gasteiger charge is -2.26. The third-order valence-electron chi connectivity index (χ3n) is 10.4. The number of benzene rings is 2. The van der Waals surface area contributed by atoms with Gasteiger partial charge in [-0.15, -0.1) is 5.73 Å². The number of hydrogen-bond acceptors (Lipinski definition) is 8. The monoisotopic (exact) mass is 816 g/mol. The fraction of sp³-hybridized carbons (Fsp3) is 0.523. The summed E-state index contributed by atoms with van der Waals surface area (Å²) in [6, 6.07) is 17.4. The summed E-state index contributed by atoms with van der Waals surface area (Å²) in [6.45, 7) is 15.4. The number of aliphatic carboxylic acids is 1. The molecule has 3 aliphatic rings. The molecule has 13 heteroatoms. The molecule has 0 radical (unpaired) electrons. The van der Waals surface area contributed by atoms with Gasteiger partial charge in [0.1, 0.15) is 12.6 Å². The Morgan fingerprint density at radius 3 is 2.11 bits per heavy atom. The molecule has 5 rings (SSSR count). The van der Waals surface area contributed by atoms with Crippen LogP contribution in [-0.4, -0.2) is 103 Å². The molecule has 2 aromatic rings. The van der Waals surface area contributed by atoms with Gasteiger partial charge in [0.15, 0.2) is 12.3 Å². The Bertz CT molecular complexity index is 1830. The zero-order valence-electron chi connectivity index (χ0n) is 33.9. The highest BCUT2D eigenvalue weighted by atomic mass is 35.5. The number of methoxy groups -OCH3 is 2. The molecule has 0 N–H and O–H groups in total. The molecule has 0 aromatic heterocycles. The molecular weight excluding hydrogens is 761 g/mol. The molecule has 0 bridgehead atoms. The number of para-hydroxylation sites is 2. The third kappa shape index (κ3) is 11.9. The van der Waals surface area contributed by atoms with Gasteiger partial charge in [-0.3, -0.25) is 0 Å². The van der Waals surface area contributed by atoms with Crippen LogP contribution in [-0.2, 0) is 39.3 Å². The molecule has 2 aromatic carbocycles. The van der Waals surface area contributed by atoms with Gasteiger partial charge in [0.05, 0.1) is 57.4 Å². The van der Waals surface area contributed by atoms with Crippen molar-refractivity contribution in [3.05, 3.63) is 99.9 Å². The summed E-state index contributed by atoms with van der Waals surface area (Å²) in [5, 5.41) is 9.70. The van der Waals surface area contributed by atoms with Gasteiger partial charge in [0.2, 0.25) is 5.69 Å². The van der Waals surface area contributed by atoms with E-state index in [1.54, 1.807) is 14.2 Å². The average Bonchev–Trinajstić information content (AvgIpc) is 3.52. The van der Waals surface area contributed by atoms with Crippen LogP contribution in [0.3, 0.4) is 0 Å². The van der Waals surface area contributed by atoms with E-state index in [2.05, 4.69) is 110 Å². The number of anilines is 1. The van der Waals surface area contributed by atoms with Crippen LogP contribution in [0.15, 0.2) is 88.8 Å². The maximum atomic E-state index is 10.5. The first-order valence-electron chi connectivity index (χ1n) is 19.3. The van der Waals surface area contributed by atoms with Crippen molar-refractivity contribution in [3.63, 3.8) is 0 Å². The molecule has 0 spiro atoms. The van der Waals surface area contributed by atoms with Crippen LogP contribution in [0.25, 0.3) is 0 Å². The van der Waals surface area contributed by atoms with Crippen LogP contribution in [0, 0.1) is 5.92 Å². The first-order valence-corrected chi connectivity index (χ1v) is 19.7. The van der Waals surface area contributed by atoms with Crippen molar-refractivity contribution in [2.24, 2.45) is 5.92 Å². The van der Waals surface area contributed by atoms with Crippen molar-refractivity contribution in [2.75, 3.05) is 85.1 Å². The topological polar surface area (TPSA) is 92.5 Å². The van der Waals surface area contributed by atoms with Gasteiger partial charge in [-0.2, -0.15) is 17.7 Å². The van der Waals surface area contributed by atoms with Gasteiger partial charge in [0.25, 0.3) is 0 Å². The van der Waals surface area contributed by atoms with E-state index < -0.39 is 12.1 Å². The average molecular weight is 817 g/mol. The highest BCUT2D eigenvalue weighted by Crippen LogP contribution is 2.47. The van der Waals surface area contributed by atoms with Crippen molar-refractivity contribution in [1.29, 1.82) is 0 Å². The summed E-state index contributed by atoms with van der Waals surface area (Å²) < 4.78 is 61.6. The second-order valence-corrected chi connectivity index (χ2v) is 15.4. The number of hydrogen-bond donors (Lipinski definition) is 0. The van der Waals surface area contributed by atoms with Crippen LogP contribution in [0.2, 0.25) is 0 Å². The second kappa shape index (κ2) is 21.3. The fourth-order valence-corrected chi connectivity index (χ4v) is 7.72. The van der Waals surface area contributed by atoms with Crippen molar-refractivity contribution < 1.29 is 51.3 Å². The van der Waals surface area contributed by atoms with E-state index >= 15 is 0 Å². The lowest BCUT2D eigenvalue weighted by atomic mass is 9.81. The Balaban J connectivity index is 0.000000940. The standard InChI is InChI=1S/C42H56ClN2O5.C2HF3O2/c1-41(2)34-14-7-9-16-36(34)44(22-24-48-28-26-46-5)38(41)20-18-32-12-11-13-33(40(32)43)19-21-39-42(3,4)35-15-8-10-17-37(35)45(39)23-25-49-30-31-50-29-27-47-6;3-2(4,5)1(6)7/h7-10,14-19,21,32H,11-13,22-31H2,1-6H3;(H,6,7)/q+1;/p-1/b21-19+;. The molecule has 0 amide bonds. The molecule has 2 aliphatic heterocycles. The maximum absolute atomic E-state index is 10.5. The fourth-order valence-electron chi connectivity index (χ4n) is 7.39. The number of carbonyl (C=O) groups excluding carboxylic acids is 1.